The standard InChI is InChI=1S/C24H33N3O/c1-3-26(19-24(28)25-15-23-12-8-7-9-20(23)2)17-22-13-14-27(18-22)16-21-10-5-4-6-11-21/h4-12,22H,3,13-19H2,1-2H3,(H,25,28)/t22-/m0/s1. The fourth-order valence-electron chi connectivity index (χ4n) is 3.98. The van der Waals surface area contributed by atoms with Crippen molar-refractivity contribution in [1.82, 2.24) is 15.1 Å². The minimum Gasteiger partial charge on any atom is -0.351 e. The summed E-state index contributed by atoms with van der Waals surface area (Å²) in [6, 6.07) is 18.9. The molecule has 0 aliphatic carbocycles. The normalized spacial score (nSPS) is 17.2. The molecule has 1 aliphatic heterocycles. The van der Waals surface area contributed by atoms with Gasteiger partial charge in [-0.05, 0) is 49.0 Å². The van der Waals surface area contributed by atoms with Crippen molar-refractivity contribution in [2.45, 2.75) is 33.4 Å². The first-order chi connectivity index (χ1) is 13.6. The van der Waals surface area contributed by atoms with Crippen LogP contribution in [0, 0.1) is 12.8 Å². The lowest BCUT2D eigenvalue weighted by Crippen LogP contribution is -2.39. The summed E-state index contributed by atoms with van der Waals surface area (Å²) >= 11 is 0. The van der Waals surface area contributed by atoms with Gasteiger partial charge in [0.15, 0.2) is 0 Å². The summed E-state index contributed by atoms with van der Waals surface area (Å²) in [6.45, 7) is 10.5. The zero-order valence-corrected chi connectivity index (χ0v) is 17.2. The predicted octanol–water partition coefficient (Wildman–Crippen LogP) is 3.46. The average Bonchev–Trinajstić information content (AvgIpc) is 3.14. The van der Waals surface area contributed by atoms with Crippen LogP contribution in [-0.4, -0.2) is 48.4 Å². The van der Waals surface area contributed by atoms with Crippen molar-refractivity contribution in [3.8, 4) is 0 Å². The molecule has 4 heteroatoms. The van der Waals surface area contributed by atoms with Gasteiger partial charge in [0.05, 0.1) is 6.54 Å². The highest BCUT2D eigenvalue weighted by Crippen LogP contribution is 2.19. The maximum Gasteiger partial charge on any atom is 0.234 e. The molecule has 0 aromatic heterocycles. The van der Waals surface area contributed by atoms with Crippen LogP contribution in [0.1, 0.15) is 30.0 Å². The third kappa shape index (κ3) is 6.18. The van der Waals surface area contributed by atoms with E-state index in [-0.39, 0.29) is 5.91 Å². The van der Waals surface area contributed by atoms with Crippen molar-refractivity contribution in [2.75, 3.05) is 32.7 Å². The van der Waals surface area contributed by atoms with Crippen molar-refractivity contribution in [1.29, 1.82) is 0 Å². The molecular formula is C24H33N3O. The Hall–Kier alpha value is -2.17. The highest BCUT2D eigenvalue weighted by atomic mass is 16.2. The molecule has 2 aromatic carbocycles. The van der Waals surface area contributed by atoms with Crippen molar-refractivity contribution in [3.05, 3.63) is 71.3 Å². The Morgan fingerprint density at radius 3 is 2.64 bits per heavy atom. The van der Waals surface area contributed by atoms with Crippen molar-refractivity contribution in [2.24, 2.45) is 5.92 Å². The molecule has 4 nitrogen and oxygen atoms in total. The summed E-state index contributed by atoms with van der Waals surface area (Å²) in [6.07, 6.45) is 1.22. The fraction of sp³-hybridized carbons (Fsp3) is 0.458. The number of rotatable bonds is 9. The minimum absolute atomic E-state index is 0.115. The van der Waals surface area contributed by atoms with E-state index < -0.39 is 0 Å². The van der Waals surface area contributed by atoms with Crippen LogP contribution in [0.2, 0.25) is 0 Å². The van der Waals surface area contributed by atoms with Crippen molar-refractivity contribution < 1.29 is 4.79 Å². The maximum absolute atomic E-state index is 12.4. The number of aryl methyl sites for hydroxylation is 1. The molecule has 0 saturated carbocycles. The van der Waals surface area contributed by atoms with E-state index in [0.29, 0.717) is 19.0 Å². The average molecular weight is 380 g/mol. The Morgan fingerprint density at radius 2 is 1.89 bits per heavy atom. The van der Waals surface area contributed by atoms with Crippen LogP contribution in [0.25, 0.3) is 0 Å². The van der Waals surface area contributed by atoms with E-state index in [9.17, 15) is 4.79 Å². The van der Waals surface area contributed by atoms with Gasteiger partial charge in [0.1, 0.15) is 0 Å². The highest BCUT2D eigenvalue weighted by molar-refractivity contribution is 5.78. The Labute approximate surface area is 169 Å². The number of benzene rings is 2. The summed E-state index contributed by atoms with van der Waals surface area (Å²) in [5.74, 6) is 0.761. The lowest BCUT2D eigenvalue weighted by atomic mass is 10.1. The van der Waals surface area contributed by atoms with E-state index in [0.717, 1.165) is 32.7 Å². The van der Waals surface area contributed by atoms with Crippen molar-refractivity contribution >= 4 is 5.91 Å². The second-order valence-corrected chi connectivity index (χ2v) is 7.91. The lowest BCUT2D eigenvalue weighted by molar-refractivity contribution is -0.122. The molecular weight excluding hydrogens is 346 g/mol. The largest absolute Gasteiger partial charge is 0.351 e. The molecule has 1 N–H and O–H groups in total. The molecule has 150 valence electrons. The Morgan fingerprint density at radius 1 is 1.14 bits per heavy atom. The van der Waals surface area contributed by atoms with E-state index in [4.69, 9.17) is 0 Å². The molecule has 2 aromatic rings. The lowest BCUT2D eigenvalue weighted by Gasteiger charge is -2.24. The summed E-state index contributed by atoms with van der Waals surface area (Å²) in [5.41, 5.74) is 3.79. The zero-order chi connectivity index (χ0) is 19.8. The molecule has 0 spiro atoms. The van der Waals surface area contributed by atoms with Gasteiger partial charge in [-0.1, -0.05) is 61.5 Å². The topological polar surface area (TPSA) is 35.6 Å². The second-order valence-electron chi connectivity index (χ2n) is 7.91. The molecule has 1 amide bonds. The molecule has 1 heterocycles. The van der Waals surface area contributed by atoms with Gasteiger partial charge in [-0.3, -0.25) is 14.6 Å². The number of carbonyl (C=O) groups is 1. The van der Waals surface area contributed by atoms with Crippen LogP contribution >= 0.6 is 0 Å². The number of nitrogens with zero attached hydrogens (tertiary/aromatic N) is 2. The Balaban J connectivity index is 1.41. The molecule has 28 heavy (non-hydrogen) atoms. The molecule has 0 radical (unpaired) electrons. The SMILES string of the molecule is CCN(CC(=O)NCc1ccccc1C)C[C@@H]1CCN(Cc2ccccc2)C1. The number of likely N-dealkylation sites (N-methyl/N-ethyl adjacent to an activating group) is 1. The summed E-state index contributed by atoms with van der Waals surface area (Å²) in [5, 5.41) is 3.08. The van der Waals surface area contributed by atoms with E-state index in [1.165, 1.54) is 23.1 Å². The van der Waals surface area contributed by atoms with E-state index in [1.807, 2.05) is 12.1 Å². The molecule has 1 fully saturated rings. The van der Waals surface area contributed by atoms with Crippen LogP contribution in [0.5, 0.6) is 0 Å². The summed E-state index contributed by atoms with van der Waals surface area (Å²) in [4.78, 5) is 17.2. The number of nitrogens with one attached hydrogen (secondary N) is 1. The molecule has 0 bridgehead atoms. The Kier molecular flexibility index (Phi) is 7.63. The molecule has 1 atom stereocenters. The third-order valence-corrected chi connectivity index (χ3v) is 5.69. The predicted molar refractivity (Wildman–Crippen MR) is 115 cm³/mol. The van der Waals surface area contributed by atoms with Gasteiger partial charge in [0.25, 0.3) is 0 Å². The third-order valence-electron chi connectivity index (χ3n) is 5.69. The smallest absolute Gasteiger partial charge is 0.234 e. The first-order valence-corrected chi connectivity index (χ1v) is 10.4. The van der Waals surface area contributed by atoms with Gasteiger partial charge in [-0.15, -0.1) is 0 Å². The number of hydrogen-bond donors (Lipinski definition) is 1. The van der Waals surface area contributed by atoms with E-state index >= 15 is 0 Å². The van der Waals surface area contributed by atoms with Gasteiger partial charge in [-0.2, -0.15) is 0 Å². The maximum atomic E-state index is 12.4. The quantitative estimate of drug-likeness (QED) is 0.725. The van der Waals surface area contributed by atoms with Gasteiger partial charge in [0.2, 0.25) is 5.91 Å². The molecule has 1 aliphatic rings. The van der Waals surface area contributed by atoms with Gasteiger partial charge >= 0.3 is 0 Å². The monoisotopic (exact) mass is 379 g/mol. The highest BCUT2D eigenvalue weighted by Gasteiger charge is 2.24. The number of carbonyl (C=O) groups excluding carboxylic acids is 1. The number of hydrogen-bond acceptors (Lipinski definition) is 3. The minimum atomic E-state index is 0.115. The fourth-order valence-corrected chi connectivity index (χ4v) is 3.98. The van der Waals surface area contributed by atoms with Gasteiger partial charge in [0, 0.05) is 26.2 Å². The second kappa shape index (κ2) is 10.4. The van der Waals surface area contributed by atoms with Crippen LogP contribution in [-0.2, 0) is 17.9 Å². The number of amides is 1. The van der Waals surface area contributed by atoms with Gasteiger partial charge < -0.3 is 5.32 Å². The van der Waals surface area contributed by atoms with Crippen molar-refractivity contribution in [3.63, 3.8) is 0 Å². The first kappa shape index (κ1) is 20.6. The van der Waals surface area contributed by atoms with Crippen LogP contribution < -0.4 is 5.32 Å². The van der Waals surface area contributed by atoms with E-state index in [1.54, 1.807) is 0 Å². The Bertz CT molecular complexity index is 747. The van der Waals surface area contributed by atoms with Crippen LogP contribution in [0.3, 0.4) is 0 Å². The van der Waals surface area contributed by atoms with Crippen LogP contribution in [0.4, 0.5) is 0 Å². The summed E-state index contributed by atoms with van der Waals surface area (Å²) < 4.78 is 0. The summed E-state index contributed by atoms with van der Waals surface area (Å²) in [7, 11) is 0. The van der Waals surface area contributed by atoms with E-state index in [2.05, 4.69) is 71.4 Å². The molecule has 1 saturated heterocycles. The van der Waals surface area contributed by atoms with Gasteiger partial charge in [-0.25, -0.2) is 0 Å². The van der Waals surface area contributed by atoms with Crippen LogP contribution in [0.15, 0.2) is 54.6 Å². The zero-order valence-electron chi connectivity index (χ0n) is 17.2. The molecule has 3 rings (SSSR count). The number of likely N-dealkylation sites (tertiary alicyclic amines) is 1. The molecule has 0 unspecified atom stereocenters. The first-order valence-electron chi connectivity index (χ1n) is 10.4.